The maximum absolute atomic E-state index is 13.3. The fraction of sp³-hybridized carbons (Fsp3) is 0.370. The molecule has 1 unspecified atom stereocenters. The molecule has 0 aliphatic carbocycles. The summed E-state index contributed by atoms with van der Waals surface area (Å²) in [7, 11) is 0. The molecule has 1 atom stereocenters. The number of esters is 1. The summed E-state index contributed by atoms with van der Waals surface area (Å²) >= 11 is 7.83. The second kappa shape index (κ2) is 12.3. The van der Waals surface area contributed by atoms with Crippen LogP contribution in [0.2, 0.25) is 5.02 Å². The first-order valence-corrected chi connectivity index (χ1v) is 13.6. The molecule has 3 aromatic rings. The molecular weight excluding hydrogens is 496 g/mol. The summed E-state index contributed by atoms with van der Waals surface area (Å²) in [6, 6.07) is 15.0. The van der Waals surface area contributed by atoms with Gasteiger partial charge in [-0.2, -0.15) is 4.98 Å². The highest BCUT2D eigenvalue weighted by Crippen LogP contribution is 2.40. The lowest BCUT2D eigenvalue weighted by Gasteiger charge is -2.29. The van der Waals surface area contributed by atoms with E-state index >= 15 is 0 Å². The molecule has 190 valence electrons. The van der Waals surface area contributed by atoms with Gasteiger partial charge in [0.2, 0.25) is 11.1 Å². The molecule has 0 bridgehead atoms. The smallest absolute Gasteiger partial charge is 0.338 e. The van der Waals surface area contributed by atoms with Crippen LogP contribution < -0.4 is 10.1 Å². The summed E-state index contributed by atoms with van der Waals surface area (Å²) in [5.41, 5.74) is 3.03. The minimum atomic E-state index is -0.536. The maximum atomic E-state index is 13.3. The third-order valence-electron chi connectivity index (χ3n) is 5.77. The van der Waals surface area contributed by atoms with Gasteiger partial charge in [0.1, 0.15) is 11.8 Å². The van der Waals surface area contributed by atoms with Gasteiger partial charge >= 0.3 is 5.97 Å². The van der Waals surface area contributed by atoms with Gasteiger partial charge in [-0.25, -0.2) is 9.48 Å². The van der Waals surface area contributed by atoms with Crippen molar-refractivity contribution in [2.45, 2.75) is 57.0 Å². The molecule has 1 aromatic heterocycles. The lowest BCUT2D eigenvalue weighted by molar-refractivity contribution is -0.139. The summed E-state index contributed by atoms with van der Waals surface area (Å²) in [5, 5.41) is 9.36. The Bertz CT molecular complexity index is 1240. The predicted molar refractivity (Wildman–Crippen MR) is 144 cm³/mol. The molecule has 0 spiro atoms. The van der Waals surface area contributed by atoms with Crippen LogP contribution in [-0.2, 0) is 15.3 Å². The van der Waals surface area contributed by atoms with Crippen LogP contribution in [0, 0.1) is 0 Å². The molecule has 36 heavy (non-hydrogen) atoms. The number of nitrogens with zero attached hydrogens (tertiary/aromatic N) is 3. The maximum Gasteiger partial charge on any atom is 0.338 e. The van der Waals surface area contributed by atoms with Crippen molar-refractivity contribution < 1.29 is 14.3 Å². The zero-order valence-electron chi connectivity index (χ0n) is 20.8. The molecule has 1 aliphatic heterocycles. The van der Waals surface area contributed by atoms with E-state index in [0.29, 0.717) is 52.1 Å². The van der Waals surface area contributed by atoms with Crippen molar-refractivity contribution in [1.82, 2.24) is 14.8 Å². The van der Waals surface area contributed by atoms with E-state index in [-0.39, 0.29) is 5.97 Å². The molecule has 0 amide bonds. The molecule has 1 aliphatic rings. The molecule has 2 heterocycles. The summed E-state index contributed by atoms with van der Waals surface area (Å²) in [5.74, 6) is 1.54. The monoisotopic (exact) mass is 526 g/mol. The van der Waals surface area contributed by atoms with Crippen LogP contribution in [0.5, 0.6) is 5.75 Å². The van der Waals surface area contributed by atoms with Gasteiger partial charge in [-0.05, 0) is 37.5 Å². The number of allylic oxidation sites excluding steroid dienone is 1. The van der Waals surface area contributed by atoms with E-state index in [4.69, 9.17) is 31.2 Å². The van der Waals surface area contributed by atoms with Crippen molar-refractivity contribution in [2.24, 2.45) is 0 Å². The van der Waals surface area contributed by atoms with Crippen LogP contribution in [0.25, 0.3) is 0 Å². The van der Waals surface area contributed by atoms with Gasteiger partial charge in [-0.1, -0.05) is 80.0 Å². The minimum Gasteiger partial charge on any atom is -0.493 e. The summed E-state index contributed by atoms with van der Waals surface area (Å²) < 4.78 is 13.5. The van der Waals surface area contributed by atoms with Crippen molar-refractivity contribution in [3.63, 3.8) is 0 Å². The number of unbranched alkanes of at least 4 members (excludes halogenated alkanes) is 1. The van der Waals surface area contributed by atoms with E-state index in [9.17, 15) is 4.79 Å². The molecule has 0 radical (unpaired) electrons. The Hall–Kier alpha value is -2.97. The number of fused-ring (bicyclic) bond motifs is 1. The lowest BCUT2D eigenvalue weighted by atomic mass is 9.95. The van der Waals surface area contributed by atoms with Crippen molar-refractivity contribution in [1.29, 1.82) is 0 Å². The lowest BCUT2D eigenvalue weighted by Crippen LogP contribution is -2.30. The van der Waals surface area contributed by atoms with E-state index in [2.05, 4.69) is 19.2 Å². The van der Waals surface area contributed by atoms with Gasteiger partial charge in [0.15, 0.2) is 0 Å². The van der Waals surface area contributed by atoms with Gasteiger partial charge in [-0.15, -0.1) is 5.10 Å². The topological polar surface area (TPSA) is 78.3 Å². The molecule has 1 N–H and O–H groups in total. The zero-order chi connectivity index (χ0) is 25.5. The second-order valence-corrected chi connectivity index (χ2v) is 9.83. The number of nitrogens with one attached hydrogen (secondary N) is 1. The van der Waals surface area contributed by atoms with Crippen molar-refractivity contribution >= 4 is 35.3 Å². The molecule has 4 rings (SSSR count). The van der Waals surface area contributed by atoms with Crippen LogP contribution in [0.3, 0.4) is 0 Å². The number of hydrogen-bond donors (Lipinski definition) is 1. The highest BCUT2D eigenvalue weighted by atomic mass is 35.5. The van der Waals surface area contributed by atoms with Gasteiger partial charge < -0.3 is 14.8 Å². The highest BCUT2D eigenvalue weighted by Gasteiger charge is 2.36. The minimum absolute atomic E-state index is 0.366. The van der Waals surface area contributed by atoms with Gasteiger partial charge in [0.25, 0.3) is 0 Å². The van der Waals surface area contributed by atoms with E-state index in [1.54, 1.807) is 4.68 Å². The highest BCUT2D eigenvalue weighted by molar-refractivity contribution is 7.98. The van der Waals surface area contributed by atoms with Gasteiger partial charge in [-0.3, -0.25) is 0 Å². The standard InChI is InChI=1S/C27H31ClN4O3S/c1-4-6-16-35-25(33)23-18(3)29-26-30-27(36-17-19-11-7-9-13-21(19)28)31-32(26)24(23)20-12-8-10-14-22(20)34-15-5-2/h7-14,24H,4-6,15-17H2,1-3H3,(H,29,30,31). The quantitative estimate of drug-likeness (QED) is 0.170. The summed E-state index contributed by atoms with van der Waals surface area (Å²) in [6.07, 6.45) is 2.63. The Labute approximate surface area is 221 Å². The third kappa shape index (κ3) is 5.87. The average molecular weight is 527 g/mol. The summed E-state index contributed by atoms with van der Waals surface area (Å²) in [4.78, 5) is 18.0. The van der Waals surface area contributed by atoms with Crippen LogP contribution in [0.1, 0.15) is 57.2 Å². The van der Waals surface area contributed by atoms with Gasteiger partial charge in [0.05, 0.1) is 18.8 Å². The number of carbonyl (C=O) groups excluding carboxylic acids is 1. The van der Waals surface area contributed by atoms with Crippen molar-refractivity contribution in [3.8, 4) is 5.75 Å². The van der Waals surface area contributed by atoms with Gasteiger partial charge in [0, 0.05) is 22.0 Å². The zero-order valence-corrected chi connectivity index (χ0v) is 22.4. The van der Waals surface area contributed by atoms with Crippen molar-refractivity contribution in [2.75, 3.05) is 18.5 Å². The largest absolute Gasteiger partial charge is 0.493 e. The van der Waals surface area contributed by atoms with Crippen LogP contribution >= 0.6 is 23.4 Å². The number of rotatable bonds is 11. The average Bonchev–Trinajstić information content (AvgIpc) is 3.28. The van der Waals surface area contributed by atoms with E-state index in [1.165, 1.54) is 11.8 Å². The molecule has 7 nitrogen and oxygen atoms in total. The molecular formula is C27H31ClN4O3S. The van der Waals surface area contributed by atoms with E-state index in [1.807, 2.05) is 55.5 Å². The number of halogens is 1. The number of para-hydroxylation sites is 1. The Morgan fingerprint density at radius 1 is 1.11 bits per heavy atom. The van der Waals surface area contributed by atoms with E-state index in [0.717, 1.165) is 30.4 Å². The number of anilines is 1. The first-order valence-electron chi connectivity index (χ1n) is 12.2. The molecule has 9 heteroatoms. The van der Waals surface area contributed by atoms with Crippen LogP contribution in [0.15, 0.2) is 65.0 Å². The molecule has 0 saturated carbocycles. The van der Waals surface area contributed by atoms with E-state index < -0.39 is 6.04 Å². The van der Waals surface area contributed by atoms with Crippen LogP contribution in [0.4, 0.5) is 5.95 Å². The molecule has 0 saturated heterocycles. The molecule has 2 aromatic carbocycles. The predicted octanol–water partition coefficient (Wildman–Crippen LogP) is 6.64. The third-order valence-corrected chi connectivity index (χ3v) is 7.03. The van der Waals surface area contributed by atoms with Crippen molar-refractivity contribution in [3.05, 3.63) is 76.0 Å². The fourth-order valence-corrected chi connectivity index (χ4v) is 5.05. The summed E-state index contributed by atoms with van der Waals surface area (Å²) in [6.45, 7) is 6.94. The number of thioether (sulfide) groups is 1. The number of ether oxygens (including phenoxy) is 2. The first-order chi connectivity index (χ1) is 17.5. The Morgan fingerprint density at radius 3 is 2.67 bits per heavy atom. The number of aromatic nitrogens is 3. The normalized spacial score (nSPS) is 14.8. The van der Waals surface area contributed by atoms with Crippen LogP contribution in [-0.4, -0.2) is 33.9 Å². The first kappa shape index (κ1) is 26.1. The number of hydrogen-bond acceptors (Lipinski definition) is 7. The Kier molecular flexibility index (Phi) is 8.93. The number of carbonyl (C=O) groups is 1. The second-order valence-electron chi connectivity index (χ2n) is 8.48. The fourth-order valence-electron chi connectivity index (χ4n) is 3.94. The molecule has 0 fully saturated rings. The Balaban J connectivity index is 1.71. The Morgan fingerprint density at radius 2 is 1.89 bits per heavy atom. The number of benzene rings is 2. The SMILES string of the molecule is CCCCOC(=O)C1=C(C)Nc2nc(SCc3ccccc3Cl)nn2C1c1ccccc1OCCC.